The molecule has 0 saturated heterocycles. The van der Waals surface area contributed by atoms with Gasteiger partial charge in [-0.1, -0.05) is 18.2 Å². The summed E-state index contributed by atoms with van der Waals surface area (Å²) in [4.78, 5) is 14.6. The van der Waals surface area contributed by atoms with E-state index in [-0.39, 0.29) is 11.9 Å². The molecule has 2 heterocycles. The van der Waals surface area contributed by atoms with E-state index in [1.807, 2.05) is 36.2 Å². The molecule has 1 aromatic carbocycles. The Hall–Kier alpha value is -1.62. The molecule has 1 unspecified atom stereocenters. The Bertz CT molecular complexity index is 665. The summed E-state index contributed by atoms with van der Waals surface area (Å²) in [7, 11) is 0. The van der Waals surface area contributed by atoms with Crippen molar-refractivity contribution in [3.63, 3.8) is 0 Å². The SMILES string of the molecule is CCn1cc(Br)c(C(=O)N2c3ccccc3CC2C)n1. The number of aromatic nitrogens is 2. The fourth-order valence-electron chi connectivity index (χ4n) is 2.69. The normalized spacial score (nSPS) is 17.4. The van der Waals surface area contributed by atoms with Gasteiger partial charge in [-0.3, -0.25) is 9.48 Å². The highest BCUT2D eigenvalue weighted by Crippen LogP contribution is 2.33. The van der Waals surface area contributed by atoms with E-state index in [4.69, 9.17) is 0 Å². The van der Waals surface area contributed by atoms with E-state index in [0.717, 1.165) is 23.1 Å². The van der Waals surface area contributed by atoms with Crippen LogP contribution < -0.4 is 4.90 Å². The molecule has 1 atom stereocenters. The van der Waals surface area contributed by atoms with Crippen molar-refractivity contribution >= 4 is 27.5 Å². The third-order valence-electron chi connectivity index (χ3n) is 3.67. The number of nitrogens with zero attached hydrogens (tertiary/aromatic N) is 3. The standard InChI is InChI=1S/C15H16BrN3O/c1-3-18-9-12(16)14(17-18)15(20)19-10(2)8-11-6-4-5-7-13(11)19/h4-7,9-10H,3,8H2,1-2H3. The summed E-state index contributed by atoms with van der Waals surface area (Å²) in [6.45, 7) is 4.82. The molecule has 1 amide bonds. The molecule has 0 radical (unpaired) electrons. The number of hydrogen-bond acceptors (Lipinski definition) is 2. The lowest BCUT2D eigenvalue weighted by molar-refractivity contribution is 0.0975. The number of anilines is 1. The van der Waals surface area contributed by atoms with Gasteiger partial charge in [0.1, 0.15) is 0 Å². The number of rotatable bonds is 2. The topological polar surface area (TPSA) is 38.1 Å². The van der Waals surface area contributed by atoms with Gasteiger partial charge >= 0.3 is 0 Å². The molecule has 20 heavy (non-hydrogen) atoms. The molecule has 0 spiro atoms. The van der Waals surface area contributed by atoms with Gasteiger partial charge < -0.3 is 4.90 Å². The predicted molar refractivity (Wildman–Crippen MR) is 82.0 cm³/mol. The maximum Gasteiger partial charge on any atom is 0.280 e. The van der Waals surface area contributed by atoms with Crippen LogP contribution in [0.15, 0.2) is 34.9 Å². The second-order valence-electron chi connectivity index (χ2n) is 5.04. The molecule has 0 bridgehead atoms. The molecule has 104 valence electrons. The van der Waals surface area contributed by atoms with Gasteiger partial charge in [-0.25, -0.2) is 0 Å². The van der Waals surface area contributed by atoms with E-state index in [1.165, 1.54) is 5.56 Å². The van der Waals surface area contributed by atoms with E-state index >= 15 is 0 Å². The molecule has 1 aromatic heterocycles. The second-order valence-corrected chi connectivity index (χ2v) is 5.89. The van der Waals surface area contributed by atoms with Crippen molar-refractivity contribution in [1.29, 1.82) is 0 Å². The molecule has 0 fully saturated rings. The Kier molecular flexibility index (Phi) is 3.38. The van der Waals surface area contributed by atoms with E-state index < -0.39 is 0 Å². The third-order valence-corrected chi connectivity index (χ3v) is 4.25. The lowest BCUT2D eigenvalue weighted by Gasteiger charge is -2.21. The number of aryl methyl sites for hydroxylation is 1. The van der Waals surface area contributed by atoms with Gasteiger partial charge in [0.05, 0.1) is 4.47 Å². The van der Waals surface area contributed by atoms with Crippen molar-refractivity contribution in [1.82, 2.24) is 9.78 Å². The summed E-state index contributed by atoms with van der Waals surface area (Å²) in [6, 6.07) is 8.23. The minimum Gasteiger partial charge on any atom is -0.304 e. The summed E-state index contributed by atoms with van der Waals surface area (Å²) in [5.41, 5.74) is 2.71. The molecule has 5 heteroatoms. The number of halogens is 1. The van der Waals surface area contributed by atoms with Crippen LogP contribution in [0.2, 0.25) is 0 Å². The molecule has 0 N–H and O–H groups in total. The van der Waals surface area contributed by atoms with Crippen LogP contribution in [-0.4, -0.2) is 21.7 Å². The number of amides is 1. The maximum absolute atomic E-state index is 12.8. The summed E-state index contributed by atoms with van der Waals surface area (Å²) in [5.74, 6) is -0.0403. The van der Waals surface area contributed by atoms with Gasteiger partial charge in [-0.2, -0.15) is 5.10 Å². The number of fused-ring (bicyclic) bond motifs is 1. The number of hydrogen-bond donors (Lipinski definition) is 0. The number of para-hydroxylation sites is 1. The van der Waals surface area contributed by atoms with Crippen LogP contribution in [0, 0.1) is 0 Å². The molecular formula is C15H16BrN3O. The van der Waals surface area contributed by atoms with E-state index in [2.05, 4.69) is 34.0 Å². The Balaban J connectivity index is 2.00. The van der Waals surface area contributed by atoms with Crippen molar-refractivity contribution in [3.8, 4) is 0 Å². The average Bonchev–Trinajstić information content (AvgIpc) is 2.97. The molecule has 1 aliphatic heterocycles. The highest BCUT2D eigenvalue weighted by molar-refractivity contribution is 9.10. The molecule has 1 aliphatic rings. The average molecular weight is 334 g/mol. The van der Waals surface area contributed by atoms with E-state index in [9.17, 15) is 4.79 Å². The fraction of sp³-hybridized carbons (Fsp3) is 0.333. The van der Waals surface area contributed by atoms with Crippen molar-refractivity contribution in [2.24, 2.45) is 0 Å². The number of benzene rings is 1. The van der Waals surface area contributed by atoms with Gasteiger partial charge in [-0.05, 0) is 47.8 Å². The minimum atomic E-state index is -0.0403. The first-order valence-corrected chi connectivity index (χ1v) is 7.55. The summed E-state index contributed by atoms with van der Waals surface area (Å²) in [6.07, 6.45) is 2.74. The van der Waals surface area contributed by atoms with Crippen LogP contribution in [0.25, 0.3) is 0 Å². The second kappa shape index (κ2) is 5.05. The van der Waals surface area contributed by atoms with E-state index in [1.54, 1.807) is 4.68 Å². The van der Waals surface area contributed by atoms with Gasteiger partial charge in [-0.15, -0.1) is 0 Å². The Morgan fingerprint density at radius 3 is 2.90 bits per heavy atom. The number of carbonyl (C=O) groups is 1. The largest absolute Gasteiger partial charge is 0.304 e. The van der Waals surface area contributed by atoms with Gasteiger partial charge in [0.2, 0.25) is 0 Å². The summed E-state index contributed by atoms with van der Waals surface area (Å²) in [5, 5.41) is 4.36. The van der Waals surface area contributed by atoms with Gasteiger partial charge in [0, 0.05) is 24.5 Å². The van der Waals surface area contributed by atoms with Crippen LogP contribution in [-0.2, 0) is 13.0 Å². The molecule has 0 aliphatic carbocycles. The quantitative estimate of drug-likeness (QED) is 0.846. The highest BCUT2D eigenvalue weighted by Gasteiger charge is 2.33. The lowest BCUT2D eigenvalue weighted by Crippen LogP contribution is -2.36. The predicted octanol–water partition coefficient (Wildman–Crippen LogP) is 3.26. The molecular weight excluding hydrogens is 318 g/mol. The zero-order valence-corrected chi connectivity index (χ0v) is 13.1. The summed E-state index contributed by atoms with van der Waals surface area (Å²) >= 11 is 3.43. The van der Waals surface area contributed by atoms with Crippen molar-refractivity contribution in [2.45, 2.75) is 32.9 Å². The Morgan fingerprint density at radius 1 is 1.45 bits per heavy atom. The lowest BCUT2D eigenvalue weighted by atomic mass is 10.1. The molecule has 3 rings (SSSR count). The van der Waals surface area contributed by atoms with Crippen LogP contribution in [0.4, 0.5) is 5.69 Å². The van der Waals surface area contributed by atoms with Crippen LogP contribution in [0.5, 0.6) is 0 Å². The fourth-order valence-corrected chi connectivity index (χ4v) is 3.18. The molecule has 0 saturated carbocycles. The van der Waals surface area contributed by atoms with E-state index in [0.29, 0.717) is 5.69 Å². The third kappa shape index (κ3) is 2.06. The first-order chi connectivity index (χ1) is 9.61. The van der Waals surface area contributed by atoms with Crippen LogP contribution >= 0.6 is 15.9 Å². The van der Waals surface area contributed by atoms with Crippen LogP contribution in [0.3, 0.4) is 0 Å². The monoisotopic (exact) mass is 333 g/mol. The maximum atomic E-state index is 12.8. The van der Waals surface area contributed by atoms with Crippen molar-refractivity contribution < 1.29 is 4.79 Å². The van der Waals surface area contributed by atoms with Crippen LogP contribution in [0.1, 0.15) is 29.9 Å². The molecule has 4 nitrogen and oxygen atoms in total. The first kappa shape index (κ1) is 13.4. The summed E-state index contributed by atoms with van der Waals surface area (Å²) < 4.78 is 2.52. The van der Waals surface area contributed by atoms with Crippen molar-refractivity contribution in [3.05, 3.63) is 46.2 Å². The first-order valence-electron chi connectivity index (χ1n) is 6.76. The Labute approximate surface area is 126 Å². The number of carbonyl (C=O) groups excluding carboxylic acids is 1. The molecule has 2 aromatic rings. The van der Waals surface area contributed by atoms with Crippen molar-refractivity contribution in [2.75, 3.05) is 4.90 Å². The Morgan fingerprint density at radius 2 is 2.20 bits per heavy atom. The smallest absolute Gasteiger partial charge is 0.280 e. The van der Waals surface area contributed by atoms with Gasteiger partial charge in [0.25, 0.3) is 5.91 Å². The highest BCUT2D eigenvalue weighted by atomic mass is 79.9. The zero-order chi connectivity index (χ0) is 14.3. The van der Waals surface area contributed by atoms with Gasteiger partial charge in [0.15, 0.2) is 5.69 Å². The minimum absolute atomic E-state index is 0.0403. The zero-order valence-electron chi connectivity index (χ0n) is 11.5.